The molecule has 110 valence electrons. The Morgan fingerprint density at radius 2 is 1.47 bits per heavy atom. The van der Waals surface area contributed by atoms with Gasteiger partial charge in [-0.1, -0.05) is 76.2 Å². The third kappa shape index (κ3) is 16.9. The van der Waals surface area contributed by atoms with Crippen LogP contribution in [0.2, 0.25) is 0 Å². The summed E-state index contributed by atoms with van der Waals surface area (Å²) in [6.45, 7) is 4.42. The van der Waals surface area contributed by atoms with Crippen molar-refractivity contribution in [2.45, 2.75) is 71.6 Å². The van der Waals surface area contributed by atoms with Gasteiger partial charge in [0.15, 0.2) is 0 Å². The first kappa shape index (κ1) is 17.9. The van der Waals surface area contributed by atoms with E-state index in [4.69, 9.17) is 0 Å². The Morgan fingerprint density at radius 1 is 0.895 bits per heavy atom. The summed E-state index contributed by atoms with van der Waals surface area (Å²) < 4.78 is 0. The number of unbranched alkanes of at least 4 members (excludes halogenated alkanes) is 8. The summed E-state index contributed by atoms with van der Waals surface area (Å²) in [6, 6.07) is 0. The summed E-state index contributed by atoms with van der Waals surface area (Å²) in [6.07, 6.45) is 20.4. The molecule has 0 aliphatic carbocycles. The average Bonchev–Trinajstić information content (AvgIpc) is 2.39. The molecule has 0 bridgehead atoms. The maximum atomic E-state index is 10.6. The van der Waals surface area contributed by atoms with Gasteiger partial charge in [0, 0.05) is 13.5 Å². The number of allylic oxidation sites excluding steroid dienone is 3. The van der Waals surface area contributed by atoms with Gasteiger partial charge in [-0.25, -0.2) is 0 Å². The summed E-state index contributed by atoms with van der Waals surface area (Å²) in [5, 5.41) is 2.73. The molecule has 0 aromatic heterocycles. The average molecular weight is 265 g/mol. The Morgan fingerprint density at radius 3 is 2.11 bits per heavy atom. The molecule has 0 heterocycles. The molecule has 2 nitrogen and oxygen atoms in total. The molecule has 0 aromatic carbocycles. The first-order valence-corrected chi connectivity index (χ1v) is 7.83. The van der Waals surface area contributed by atoms with Crippen LogP contribution in [0.15, 0.2) is 24.3 Å². The monoisotopic (exact) mass is 265 g/mol. The van der Waals surface area contributed by atoms with Crippen molar-refractivity contribution in [1.82, 2.24) is 5.32 Å². The van der Waals surface area contributed by atoms with E-state index in [0.29, 0.717) is 6.54 Å². The van der Waals surface area contributed by atoms with Crippen LogP contribution in [-0.4, -0.2) is 12.5 Å². The van der Waals surface area contributed by atoms with E-state index >= 15 is 0 Å². The first-order valence-electron chi connectivity index (χ1n) is 7.83. The van der Waals surface area contributed by atoms with Crippen molar-refractivity contribution in [1.29, 1.82) is 0 Å². The van der Waals surface area contributed by atoms with Gasteiger partial charge in [0.25, 0.3) is 0 Å². The van der Waals surface area contributed by atoms with Crippen LogP contribution in [0.4, 0.5) is 0 Å². The zero-order valence-electron chi connectivity index (χ0n) is 12.8. The van der Waals surface area contributed by atoms with E-state index in [1.807, 2.05) is 12.2 Å². The number of amides is 1. The summed E-state index contributed by atoms with van der Waals surface area (Å²) in [5.74, 6) is 0.0209. The van der Waals surface area contributed by atoms with Crippen molar-refractivity contribution in [3.05, 3.63) is 24.3 Å². The number of rotatable bonds is 12. The zero-order chi connectivity index (χ0) is 14.2. The fourth-order valence-corrected chi connectivity index (χ4v) is 1.92. The van der Waals surface area contributed by atoms with Crippen molar-refractivity contribution >= 4 is 5.91 Å². The molecule has 0 aromatic rings. The Hall–Kier alpha value is -1.05. The topological polar surface area (TPSA) is 29.1 Å². The molecule has 2 heteroatoms. The molecule has 0 saturated carbocycles. The Kier molecular flexibility index (Phi) is 14.2. The second-order valence-corrected chi connectivity index (χ2v) is 5.06. The third-order valence-electron chi connectivity index (χ3n) is 3.08. The molecule has 0 aliphatic heterocycles. The van der Waals surface area contributed by atoms with E-state index < -0.39 is 0 Å². The minimum Gasteiger partial charge on any atom is -0.353 e. The first-order chi connectivity index (χ1) is 9.27. The van der Waals surface area contributed by atoms with Crippen LogP contribution in [0.1, 0.15) is 71.6 Å². The fraction of sp³-hybridized carbons (Fsp3) is 0.706. The van der Waals surface area contributed by atoms with Gasteiger partial charge in [-0.2, -0.15) is 0 Å². The highest BCUT2D eigenvalue weighted by Crippen LogP contribution is 2.09. The Bertz CT molecular complexity index is 256. The van der Waals surface area contributed by atoms with Gasteiger partial charge in [0.1, 0.15) is 0 Å². The molecule has 0 unspecified atom stereocenters. The lowest BCUT2D eigenvalue weighted by molar-refractivity contribution is -0.118. The third-order valence-corrected chi connectivity index (χ3v) is 3.08. The number of hydrogen-bond acceptors (Lipinski definition) is 1. The molecule has 0 rings (SSSR count). The van der Waals surface area contributed by atoms with Crippen molar-refractivity contribution < 1.29 is 4.79 Å². The molecule has 1 amide bonds. The van der Waals surface area contributed by atoms with Crippen LogP contribution < -0.4 is 5.32 Å². The van der Waals surface area contributed by atoms with Gasteiger partial charge < -0.3 is 5.32 Å². The van der Waals surface area contributed by atoms with Crippen LogP contribution in [-0.2, 0) is 4.79 Å². The summed E-state index contributed by atoms with van der Waals surface area (Å²) in [5.41, 5.74) is 0. The summed E-state index contributed by atoms with van der Waals surface area (Å²) in [4.78, 5) is 10.6. The van der Waals surface area contributed by atoms with E-state index in [0.717, 1.165) is 0 Å². The molecule has 0 fully saturated rings. The number of carbonyl (C=O) groups is 1. The molecular formula is C17H31NO. The van der Waals surface area contributed by atoms with Gasteiger partial charge in [0.05, 0.1) is 0 Å². The molecule has 1 N–H and O–H groups in total. The van der Waals surface area contributed by atoms with Crippen molar-refractivity contribution in [2.24, 2.45) is 0 Å². The maximum Gasteiger partial charge on any atom is 0.217 e. The Labute approximate surface area is 119 Å². The summed E-state index contributed by atoms with van der Waals surface area (Å²) in [7, 11) is 0. The molecular weight excluding hydrogens is 234 g/mol. The van der Waals surface area contributed by atoms with Crippen LogP contribution in [0.5, 0.6) is 0 Å². The second-order valence-electron chi connectivity index (χ2n) is 5.06. The van der Waals surface area contributed by atoms with Crippen molar-refractivity contribution in [3.63, 3.8) is 0 Å². The lowest BCUT2D eigenvalue weighted by Gasteiger charge is -1.99. The van der Waals surface area contributed by atoms with E-state index in [1.54, 1.807) is 0 Å². The van der Waals surface area contributed by atoms with E-state index in [-0.39, 0.29) is 5.91 Å². The Balaban J connectivity index is 3.18. The number of carbonyl (C=O) groups excluding carboxylic acids is 1. The minimum absolute atomic E-state index is 0.0209. The van der Waals surface area contributed by atoms with E-state index in [9.17, 15) is 4.79 Å². The predicted molar refractivity (Wildman–Crippen MR) is 84.2 cm³/mol. The smallest absolute Gasteiger partial charge is 0.217 e. The molecule has 0 spiro atoms. The van der Waals surface area contributed by atoms with Gasteiger partial charge in [-0.15, -0.1) is 0 Å². The normalized spacial score (nSPS) is 11.5. The minimum atomic E-state index is 0.0209. The predicted octanol–water partition coefficient (Wildman–Crippen LogP) is 4.77. The zero-order valence-corrected chi connectivity index (χ0v) is 12.8. The number of hydrogen-bond donors (Lipinski definition) is 1. The SMILES string of the molecule is CCCCCCCCCCC=CC=CCNC(C)=O. The van der Waals surface area contributed by atoms with Gasteiger partial charge in [-0.3, -0.25) is 4.79 Å². The lowest BCUT2D eigenvalue weighted by atomic mass is 10.1. The van der Waals surface area contributed by atoms with Crippen LogP contribution in [0.3, 0.4) is 0 Å². The largest absolute Gasteiger partial charge is 0.353 e. The van der Waals surface area contributed by atoms with Crippen LogP contribution >= 0.6 is 0 Å². The standard InChI is InChI=1S/C17H31NO/c1-3-4-5-6-7-8-9-10-11-12-13-14-15-16-18-17(2)19/h12-15H,3-11,16H2,1-2H3,(H,18,19). The van der Waals surface area contributed by atoms with E-state index in [1.165, 1.54) is 64.7 Å². The highest BCUT2D eigenvalue weighted by Gasteiger charge is 1.90. The molecule has 0 saturated heterocycles. The molecule has 0 radical (unpaired) electrons. The van der Waals surface area contributed by atoms with Crippen molar-refractivity contribution in [3.8, 4) is 0 Å². The van der Waals surface area contributed by atoms with Crippen molar-refractivity contribution in [2.75, 3.05) is 6.54 Å². The quantitative estimate of drug-likeness (QED) is 0.400. The summed E-state index contributed by atoms with van der Waals surface area (Å²) >= 11 is 0. The maximum absolute atomic E-state index is 10.6. The van der Waals surface area contributed by atoms with Gasteiger partial charge in [-0.05, 0) is 12.8 Å². The molecule has 0 aliphatic rings. The van der Waals surface area contributed by atoms with Crippen LogP contribution in [0, 0.1) is 0 Å². The van der Waals surface area contributed by atoms with E-state index in [2.05, 4.69) is 24.4 Å². The van der Waals surface area contributed by atoms with Gasteiger partial charge >= 0.3 is 0 Å². The highest BCUT2D eigenvalue weighted by atomic mass is 16.1. The highest BCUT2D eigenvalue weighted by molar-refractivity contribution is 5.72. The second kappa shape index (κ2) is 15.0. The number of nitrogens with one attached hydrogen (secondary N) is 1. The molecule has 19 heavy (non-hydrogen) atoms. The lowest BCUT2D eigenvalue weighted by Crippen LogP contribution is -2.19. The molecule has 0 atom stereocenters. The fourth-order valence-electron chi connectivity index (χ4n) is 1.92. The van der Waals surface area contributed by atoms with Gasteiger partial charge in [0.2, 0.25) is 5.91 Å². The van der Waals surface area contributed by atoms with Crippen LogP contribution in [0.25, 0.3) is 0 Å².